The summed E-state index contributed by atoms with van der Waals surface area (Å²) < 4.78 is 10.5. The van der Waals surface area contributed by atoms with Gasteiger partial charge in [-0.1, -0.05) is 6.92 Å². The summed E-state index contributed by atoms with van der Waals surface area (Å²) in [7, 11) is 0. The molecule has 114 valence electrons. The highest BCUT2D eigenvalue weighted by Gasteiger charge is 2.33. The Morgan fingerprint density at radius 1 is 1.43 bits per heavy atom. The molecular weight excluding hydrogens is 270 g/mol. The van der Waals surface area contributed by atoms with Crippen molar-refractivity contribution in [3.8, 4) is 11.5 Å². The van der Waals surface area contributed by atoms with Crippen LogP contribution in [0.25, 0.3) is 0 Å². The summed E-state index contributed by atoms with van der Waals surface area (Å²) >= 11 is 0. The highest BCUT2D eigenvalue weighted by molar-refractivity contribution is 5.92. The molecular formula is C15H21N3O3. The van der Waals surface area contributed by atoms with E-state index in [0.717, 1.165) is 25.2 Å². The fourth-order valence-corrected chi connectivity index (χ4v) is 2.81. The van der Waals surface area contributed by atoms with Crippen molar-refractivity contribution in [2.45, 2.75) is 13.3 Å². The summed E-state index contributed by atoms with van der Waals surface area (Å²) in [5.41, 5.74) is 6.65. The van der Waals surface area contributed by atoms with Crippen LogP contribution in [0.1, 0.15) is 13.3 Å². The maximum atomic E-state index is 12.1. The fourth-order valence-electron chi connectivity index (χ4n) is 2.81. The fraction of sp³-hybridized carbons (Fsp3) is 0.533. The van der Waals surface area contributed by atoms with Crippen LogP contribution in [0.5, 0.6) is 11.5 Å². The molecule has 1 fully saturated rings. The van der Waals surface area contributed by atoms with E-state index in [1.54, 1.807) is 12.1 Å². The van der Waals surface area contributed by atoms with Gasteiger partial charge in [-0.15, -0.1) is 0 Å². The Morgan fingerprint density at radius 3 is 3.00 bits per heavy atom. The van der Waals surface area contributed by atoms with E-state index in [1.165, 1.54) is 0 Å². The molecule has 2 aliphatic heterocycles. The number of amides is 1. The number of nitrogens with zero attached hydrogens (tertiary/aromatic N) is 1. The third kappa shape index (κ3) is 3.11. The van der Waals surface area contributed by atoms with Gasteiger partial charge in [0.2, 0.25) is 12.7 Å². The second-order valence-electron chi connectivity index (χ2n) is 6.09. The highest BCUT2D eigenvalue weighted by atomic mass is 16.7. The zero-order chi connectivity index (χ0) is 14.9. The van der Waals surface area contributed by atoms with Crippen LogP contribution in [0.4, 0.5) is 5.69 Å². The van der Waals surface area contributed by atoms with E-state index in [1.807, 2.05) is 6.07 Å². The minimum atomic E-state index is -0.0184. The van der Waals surface area contributed by atoms with E-state index in [-0.39, 0.29) is 18.1 Å². The van der Waals surface area contributed by atoms with Crippen LogP contribution in [0, 0.1) is 5.41 Å². The molecule has 0 aromatic heterocycles. The van der Waals surface area contributed by atoms with Crippen molar-refractivity contribution in [3.05, 3.63) is 18.2 Å². The van der Waals surface area contributed by atoms with E-state index < -0.39 is 0 Å². The molecule has 1 unspecified atom stereocenters. The first-order valence-corrected chi connectivity index (χ1v) is 7.20. The second kappa shape index (κ2) is 5.54. The number of ether oxygens (including phenoxy) is 2. The molecule has 1 atom stereocenters. The van der Waals surface area contributed by atoms with Crippen LogP contribution in [-0.2, 0) is 4.79 Å². The number of carbonyl (C=O) groups excluding carboxylic acids is 1. The summed E-state index contributed by atoms with van der Waals surface area (Å²) in [6.07, 6.45) is 1.04. The van der Waals surface area contributed by atoms with Gasteiger partial charge in [0.15, 0.2) is 11.5 Å². The Hall–Kier alpha value is -1.79. The molecule has 0 bridgehead atoms. The number of nitrogens with two attached hydrogens (primary N) is 1. The van der Waals surface area contributed by atoms with E-state index >= 15 is 0 Å². The van der Waals surface area contributed by atoms with Crippen LogP contribution in [-0.4, -0.2) is 43.8 Å². The molecule has 6 heteroatoms. The van der Waals surface area contributed by atoms with Crippen LogP contribution in [0.15, 0.2) is 18.2 Å². The van der Waals surface area contributed by atoms with E-state index in [9.17, 15) is 4.79 Å². The Labute approximate surface area is 124 Å². The lowest BCUT2D eigenvalue weighted by atomic mass is 9.90. The summed E-state index contributed by atoms with van der Waals surface area (Å²) in [5, 5.41) is 2.90. The summed E-state index contributed by atoms with van der Waals surface area (Å²) in [4.78, 5) is 14.3. The first kappa shape index (κ1) is 14.2. The molecule has 2 aliphatic rings. The monoisotopic (exact) mass is 291 g/mol. The molecule has 1 aromatic carbocycles. The smallest absolute Gasteiger partial charge is 0.238 e. The van der Waals surface area contributed by atoms with Gasteiger partial charge in [-0.05, 0) is 37.1 Å². The van der Waals surface area contributed by atoms with Gasteiger partial charge in [-0.25, -0.2) is 0 Å². The second-order valence-corrected chi connectivity index (χ2v) is 6.09. The first-order chi connectivity index (χ1) is 10.1. The van der Waals surface area contributed by atoms with Crippen LogP contribution >= 0.6 is 0 Å². The van der Waals surface area contributed by atoms with Crippen LogP contribution in [0.2, 0.25) is 0 Å². The van der Waals surface area contributed by atoms with Gasteiger partial charge in [0.25, 0.3) is 0 Å². The number of benzene rings is 1. The van der Waals surface area contributed by atoms with Crippen molar-refractivity contribution in [1.82, 2.24) is 4.90 Å². The van der Waals surface area contributed by atoms with E-state index in [0.29, 0.717) is 24.6 Å². The number of anilines is 1. The van der Waals surface area contributed by atoms with Crippen LogP contribution < -0.4 is 20.5 Å². The zero-order valence-corrected chi connectivity index (χ0v) is 12.2. The van der Waals surface area contributed by atoms with Crippen molar-refractivity contribution >= 4 is 11.6 Å². The highest BCUT2D eigenvalue weighted by Crippen LogP contribution is 2.34. The molecule has 1 amide bonds. The Balaban J connectivity index is 1.55. The topological polar surface area (TPSA) is 76.8 Å². The van der Waals surface area contributed by atoms with Crippen LogP contribution in [0.3, 0.4) is 0 Å². The molecule has 0 spiro atoms. The normalized spacial score (nSPS) is 24.3. The Kier molecular flexibility index (Phi) is 3.73. The SMILES string of the molecule is CC1(CN)CCN(CC(=O)Nc2ccc3c(c2)OCO3)C1. The number of fused-ring (bicyclic) bond motifs is 1. The van der Waals surface area contributed by atoms with E-state index in [4.69, 9.17) is 15.2 Å². The van der Waals surface area contributed by atoms with Crippen molar-refractivity contribution in [2.24, 2.45) is 11.1 Å². The Bertz CT molecular complexity index is 549. The molecule has 1 aromatic rings. The summed E-state index contributed by atoms with van der Waals surface area (Å²) in [6.45, 7) is 5.25. The molecule has 0 radical (unpaired) electrons. The molecule has 6 nitrogen and oxygen atoms in total. The van der Waals surface area contributed by atoms with Gasteiger partial charge >= 0.3 is 0 Å². The zero-order valence-electron chi connectivity index (χ0n) is 12.2. The van der Waals surface area contributed by atoms with Gasteiger partial charge in [0, 0.05) is 18.3 Å². The maximum absolute atomic E-state index is 12.1. The van der Waals surface area contributed by atoms with Gasteiger partial charge in [-0.2, -0.15) is 0 Å². The first-order valence-electron chi connectivity index (χ1n) is 7.20. The summed E-state index contributed by atoms with van der Waals surface area (Å²) in [5.74, 6) is 1.37. The number of carbonyl (C=O) groups is 1. The standard InChI is InChI=1S/C15H21N3O3/c1-15(8-16)4-5-18(9-15)7-14(19)17-11-2-3-12-13(6-11)21-10-20-12/h2-3,6H,4-5,7-10,16H2,1H3,(H,17,19). The predicted molar refractivity (Wildman–Crippen MR) is 79.4 cm³/mol. The average Bonchev–Trinajstić information content (AvgIpc) is 3.05. The minimum absolute atomic E-state index is 0.0184. The maximum Gasteiger partial charge on any atom is 0.238 e. The molecule has 3 N–H and O–H groups in total. The number of nitrogens with one attached hydrogen (secondary N) is 1. The lowest BCUT2D eigenvalue weighted by Crippen LogP contribution is -2.35. The largest absolute Gasteiger partial charge is 0.454 e. The lowest BCUT2D eigenvalue weighted by molar-refractivity contribution is -0.117. The quantitative estimate of drug-likeness (QED) is 0.866. The van der Waals surface area contributed by atoms with Crippen molar-refractivity contribution in [1.29, 1.82) is 0 Å². The summed E-state index contributed by atoms with van der Waals surface area (Å²) in [6, 6.07) is 5.41. The minimum Gasteiger partial charge on any atom is -0.454 e. The molecule has 21 heavy (non-hydrogen) atoms. The number of hydrogen-bond acceptors (Lipinski definition) is 5. The predicted octanol–water partition coefficient (Wildman–Crippen LogP) is 1.02. The van der Waals surface area contributed by atoms with Gasteiger partial charge < -0.3 is 20.5 Å². The van der Waals surface area contributed by atoms with Crippen molar-refractivity contribution in [3.63, 3.8) is 0 Å². The van der Waals surface area contributed by atoms with E-state index in [2.05, 4.69) is 17.1 Å². The third-order valence-corrected chi connectivity index (χ3v) is 4.15. The van der Waals surface area contributed by atoms with Gasteiger partial charge in [-0.3, -0.25) is 9.69 Å². The van der Waals surface area contributed by atoms with Gasteiger partial charge in [0.05, 0.1) is 6.54 Å². The molecule has 0 saturated carbocycles. The number of hydrogen-bond donors (Lipinski definition) is 2. The third-order valence-electron chi connectivity index (χ3n) is 4.15. The van der Waals surface area contributed by atoms with Crippen molar-refractivity contribution < 1.29 is 14.3 Å². The number of likely N-dealkylation sites (tertiary alicyclic amines) is 1. The van der Waals surface area contributed by atoms with Gasteiger partial charge in [0.1, 0.15) is 0 Å². The average molecular weight is 291 g/mol. The lowest BCUT2D eigenvalue weighted by Gasteiger charge is -2.22. The number of rotatable bonds is 4. The molecule has 3 rings (SSSR count). The molecule has 2 heterocycles. The molecule has 0 aliphatic carbocycles. The van der Waals surface area contributed by atoms with Crippen molar-refractivity contribution in [2.75, 3.05) is 38.3 Å². The Morgan fingerprint density at radius 2 is 2.24 bits per heavy atom. The molecule has 1 saturated heterocycles.